The van der Waals surface area contributed by atoms with Crippen molar-refractivity contribution in [2.45, 2.75) is 0 Å². The highest BCUT2D eigenvalue weighted by atomic mass is 32.1. The number of benzene rings is 2. The van der Waals surface area contributed by atoms with Gasteiger partial charge in [-0.3, -0.25) is 0 Å². The minimum atomic E-state index is 0.574. The Labute approximate surface area is 149 Å². The second-order valence-corrected chi connectivity index (χ2v) is 6.31. The van der Waals surface area contributed by atoms with Crippen LogP contribution in [0, 0.1) is 0 Å². The molecular weight excluding hydrogens is 338 g/mol. The number of methoxy groups -OCH3 is 2. The average molecular weight is 355 g/mol. The lowest BCUT2D eigenvalue weighted by Gasteiger charge is -2.18. The van der Waals surface area contributed by atoms with E-state index in [0.717, 1.165) is 33.2 Å². The van der Waals surface area contributed by atoms with Crippen LogP contribution in [0.5, 0.6) is 23.0 Å². The predicted octanol–water partition coefficient (Wildman–Crippen LogP) is 4.27. The van der Waals surface area contributed by atoms with Gasteiger partial charge in [0.1, 0.15) is 13.2 Å². The van der Waals surface area contributed by atoms with Crippen molar-refractivity contribution in [2.24, 2.45) is 0 Å². The molecule has 0 aliphatic carbocycles. The van der Waals surface area contributed by atoms with Crippen LogP contribution in [0.4, 0.5) is 0 Å². The molecule has 128 valence electrons. The molecule has 1 aliphatic rings. The molecule has 2 heterocycles. The molecule has 1 aliphatic heterocycles. The fourth-order valence-corrected chi connectivity index (χ4v) is 3.49. The summed E-state index contributed by atoms with van der Waals surface area (Å²) in [4.78, 5) is 1.06. The van der Waals surface area contributed by atoms with Crippen molar-refractivity contribution < 1.29 is 18.9 Å². The summed E-state index contributed by atoms with van der Waals surface area (Å²) in [5, 5.41) is 0. The quantitative estimate of drug-likeness (QED) is 0.700. The number of fused-ring (bicyclic) bond motifs is 1. The van der Waals surface area contributed by atoms with Gasteiger partial charge in [-0.25, -0.2) is 0 Å². The Kier molecular flexibility index (Phi) is 4.19. The summed E-state index contributed by atoms with van der Waals surface area (Å²) in [7, 11) is 3.26. The predicted molar refractivity (Wildman–Crippen MR) is 97.1 cm³/mol. The standard InChI is InChI=1S/C19H17NO4S/c1-21-15-5-4-13(10-17(15)22-2)19-11-14(20-25-19)12-3-6-16-18(9-12)24-8-7-23-16/h3-6,9-11H,7-8H2,1-2H3. The Bertz CT molecular complexity index is 852. The Morgan fingerprint density at radius 2 is 1.60 bits per heavy atom. The van der Waals surface area contributed by atoms with E-state index in [4.69, 9.17) is 18.9 Å². The summed E-state index contributed by atoms with van der Waals surface area (Å²) in [6.45, 7) is 1.16. The Hall–Kier alpha value is -2.73. The highest BCUT2D eigenvalue weighted by Crippen LogP contribution is 2.38. The average Bonchev–Trinajstić information content (AvgIpc) is 3.17. The van der Waals surface area contributed by atoms with Crippen molar-refractivity contribution in [3.8, 4) is 44.7 Å². The maximum Gasteiger partial charge on any atom is 0.162 e. The third-order valence-electron chi connectivity index (χ3n) is 4.02. The van der Waals surface area contributed by atoms with Crippen molar-refractivity contribution in [3.05, 3.63) is 42.5 Å². The van der Waals surface area contributed by atoms with Crippen molar-refractivity contribution >= 4 is 11.5 Å². The zero-order chi connectivity index (χ0) is 17.2. The molecule has 5 nitrogen and oxygen atoms in total. The molecule has 25 heavy (non-hydrogen) atoms. The molecule has 6 heteroatoms. The van der Waals surface area contributed by atoms with Crippen LogP contribution in [0.15, 0.2) is 42.5 Å². The fraction of sp³-hybridized carbons (Fsp3) is 0.211. The van der Waals surface area contributed by atoms with E-state index in [1.807, 2.05) is 36.4 Å². The fourth-order valence-electron chi connectivity index (χ4n) is 2.74. The number of ether oxygens (including phenoxy) is 4. The molecule has 0 spiro atoms. The first-order valence-corrected chi connectivity index (χ1v) is 8.65. The first-order chi connectivity index (χ1) is 12.3. The monoisotopic (exact) mass is 355 g/mol. The lowest BCUT2D eigenvalue weighted by atomic mass is 10.1. The molecule has 0 bridgehead atoms. The molecule has 0 N–H and O–H groups in total. The second-order valence-electron chi connectivity index (χ2n) is 5.50. The molecular formula is C19H17NO4S. The summed E-state index contributed by atoms with van der Waals surface area (Å²) >= 11 is 1.45. The SMILES string of the molecule is COc1ccc(-c2cc(-c3ccc4c(c3)OCCO4)ns2)cc1OC. The van der Waals surface area contributed by atoms with Gasteiger partial charge in [0, 0.05) is 5.56 Å². The molecule has 1 aromatic heterocycles. The van der Waals surface area contributed by atoms with Gasteiger partial charge in [-0.1, -0.05) is 0 Å². The lowest BCUT2D eigenvalue weighted by Crippen LogP contribution is -2.15. The first-order valence-electron chi connectivity index (χ1n) is 7.87. The van der Waals surface area contributed by atoms with Gasteiger partial charge < -0.3 is 18.9 Å². The molecule has 0 saturated heterocycles. The highest BCUT2D eigenvalue weighted by molar-refractivity contribution is 7.09. The number of rotatable bonds is 4. The maximum atomic E-state index is 5.65. The Morgan fingerprint density at radius 1 is 0.840 bits per heavy atom. The van der Waals surface area contributed by atoms with Gasteiger partial charge in [0.05, 0.1) is 24.8 Å². The van der Waals surface area contributed by atoms with Gasteiger partial charge in [-0.05, 0) is 59.6 Å². The third-order valence-corrected chi connectivity index (χ3v) is 4.85. The van der Waals surface area contributed by atoms with E-state index in [1.54, 1.807) is 14.2 Å². The summed E-state index contributed by atoms with van der Waals surface area (Å²) in [5.41, 5.74) is 2.96. The van der Waals surface area contributed by atoms with Gasteiger partial charge in [0.2, 0.25) is 0 Å². The van der Waals surface area contributed by atoms with Crippen molar-refractivity contribution in [1.82, 2.24) is 4.37 Å². The van der Waals surface area contributed by atoms with Crippen LogP contribution in [-0.4, -0.2) is 31.8 Å². The van der Waals surface area contributed by atoms with Gasteiger partial charge in [-0.15, -0.1) is 0 Å². The molecule has 3 aromatic rings. The van der Waals surface area contributed by atoms with E-state index in [9.17, 15) is 0 Å². The zero-order valence-electron chi connectivity index (χ0n) is 13.9. The van der Waals surface area contributed by atoms with Crippen LogP contribution in [-0.2, 0) is 0 Å². The minimum Gasteiger partial charge on any atom is -0.493 e. The van der Waals surface area contributed by atoms with Crippen LogP contribution in [0.25, 0.3) is 21.7 Å². The Balaban J connectivity index is 1.66. The number of hydrogen-bond acceptors (Lipinski definition) is 6. The topological polar surface area (TPSA) is 49.8 Å². The highest BCUT2D eigenvalue weighted by Gasteiger charge is 2.15. The number of aromatic nitrogens is 1. The van der Waals surface area contributed by atoms with Crippen LogP contribution in [0.1, 0.15) is 0 Å². The number of nitrogens with zero attached hydrogens (tertiary/aromatic N) is 1. The van der Waals surface area contributed by atoms with Gasteiger partial charge >= 0.3 is 0 Å². The minimum absolute atomic E-state index is 0.574. The first kappa shape index (κ1) is 15.8. The molecule has 0 saturated carbocycles. The van der Waals surface area contributed by atoms with E-state index in [1.165, 1.54) is 11.5 Å². The molecule has 0 unspecified atom stereocenters. The van der Waals surface area contributed by atoms with Crippen molar-refractivity contribution in [1.29, 1.82) is 0 Å². The van der Waals surface area contributed by atoms with Crippen LogP contribution >= 0.6 is 11.5 Å². The smallest absolute Gasteiger partial charge is 0.162 e. The second kappa shape index (κ2) is 6.64. The van der Waals surface area contributed by atoms with E-state index in [-0.39, 0.29) is 0 Å². The van der Waals surface area contributed by atoms with Gasteiger partial charge in [-0.2, -0.15) is 4.37 Å². The molecule has 2 aromatic carbocycles. The van der Waals surface area contributed by atoms with Crippen molar-refractivity contribution in [3.63, 3.8) is 0 Å². The number of hydrogen-bond donors (Lipinski definition) is 0. The largest absolute Gasteiger partial charge is 0.493 e. The summed E-state index contributed by atoms with van der Waals surface area (Å²) in [6, 6.07) is 13.8. The normalized spacial score (nSPS) is 12.7. The molecule has 4 rings (SSSR count). The molecule has 0 amide bonds. The van der Waals surface area contributed by atoms with E-state index < -0.39 is 0 Å². The van der Waals surface area contributed by atoms with Crippen LogP contribution < -0.4 is 18.9 Å². The van der Waals surface area contributed by atoms with E-state index in [0.29, 0.717) is 24.7 Å². The third kappa shape index (κ3) is 3.00. The van der Waals surface area contributed by atoms with E-state index in [2.05, 4.69) is 10.4 Å². The maximum absolute atomic E-state index is 5.65. The van der Waals surface area contributed by atoms with Crippen LogP contribution in [0.3, 0.4) is 0 Å². The zero-order valence-corrected chi connectivity index (χ0v) is 14.8. The molecule has 0 atom stereocenters. The summed E-state index contributed by atoms with van der Waals surface area (Å²) in [6.07, 6.45) is 0. The lowest BCUT2D eigenvalue weighted by molar-refractivity contribution is 0.171. The molecule has 0 fully saturated rings. The van der Waals surface area contributed by atoms with Gasteiger partial charge in [0.25, 0.3) is 0 Å². The Morgan fingerprint density at radius 3 is 2.40 bits per heavy atom. The molecule has 0 radical (unpaired) electrons. The van der Waals surface area contributed by atoms with Crippen LogP contribution in [0.2, 0.25) is 0 Å². The van der Waals surface area contributed by atoms with Gasteiger partial charge in [0.15, 0.2) is 23.0 Å². The summed E-state index contributed by atoms with van der Waals surface area (Å²) < 4.78 is 26.5. The summed E-state index contributed by atoms with van der Waals surface area (Å²) in [5.74, 6) is 2.96. The van der Waals surface area contributed by atoms with E-state index >= 15 is 0 Å². The van der Waals surface area contributed by atoms with Crippen molar-refractivity contribution in [2.75, 3.05) is 27.4 Å².